The van der Waals surface area contributed by atoms with E-state index in [-0.39, 0.29) is 11.8 Å². The van der Waals surface area contributed by atoms with Crippen LogP contribution >= 0.6 is 0 Å². The molecule has 0 bridgehead atoms. The predicted octanol–water partition coefficient (Wildman–Crippen LogP) is 2.18. The summed E-state index contributed by atoms with van der Waals surface area (Å²) < 4.78 is 0. The summed E-state index contributed by atoms with van der Waals surface area (Å²) in [4.78, 5) is 13.4. The average molecular weight is 293 g/mol. The minimum absolute atomic E-state index is 0.0784. The summed E-state index contributed by atoms with van der Waals surface area (Å²) in [5.41, 5.74) is 7.79. The molecule has 0 spiro atoms. The zero-order valence-electron chi connectivity index (χ0n) is 13.4. The van der Waals surface area contributed by atoms with Crippen molar-refractivity contribution < 1.29 is 9.90 Å². The lowest BCUT2D eigenvalue weighted by Crippen LogP contribution is -2.28. The summed E-state index contributed by atoms with van der Waals surface area (Å²) in [5, 5.41) is 13.3. The summed E-state index contributed by atoms with van der Waals surface area (Å²) in [6, 6.07) is 5.18. The van der Waals surface area contributed by atoms with E-state index in [0.29, 0.717) is 17.8 Å². The maximum absolute atomic E-state index is 11.9. The van der Waals surface area contributed by atoms with E-state index in [2.05, 4.69) is 19.2 Å². The second kappa shape index (κ2) is 7.88. The second-order valence-electron chi connectivity index (χ2n) is 5.53. The smallest absolute Gasteiger partial charge is 0.253 e. The number of nitrogens with zero attached hydrogens (tertiary/aromatic N) is 1. The zero-order valence-corrected chi connectivity index (χ0v) is 13.4. The maximum Gasteiger partial charge on any atom is 0.253 e. The third kappa shape index (κ3) is 4.63. The Morgan fingerprint density at radius 1 is 1.33 bits per heavy atom. The molecular weight excluding hydrogens is 266 g/mol. The van der Waals surface area contributed by atoms with Crippen LogP contribution in [0, 0.1) is 5.92 Å². The first-order valence-corrected chi connectivity index (χ1v) is 7.43. The maximum atomic E-state index is 11.9. The lowest BCUT2D eigenvalue weighted by atomic mass is 9.96. The van der Waals surface area contributed by atoms with E-state index >= 15 is 0 Å². The molecule has 0 saturated heterocycles. The van der Waals surface area contributed by atoms with Gasteiger partial charge < -0.3 is 21.1 Å². The first-order valence-electron chi connectivity index (χ1n) is 7.43. The zero-order chi connectivity index (χ0) is 16.0. The largest absolute Gasteiger partial charge is 0.397 e. The first-order chi connectivity index (χ1) is 9.90. The highest BCUT2D eigenvalue weighted by atomic mass is 16.3. The van der Waals surface area contributed by atoms with E-state index in [1.54, 1.807) is 32.3 Å². The van der Waals surface area contributed by atoms with E-state index in [1.165, 1.54) is 4.90 Å². The molecule has 21 heavy (non-hydrogen) atoms. The van der Waals surface area contributed by atoms with Gasteiger partial charge in [-0.15, -0.1) is 0 Å². The molecular formula is C16H27N3O2. The van der Waals surface area contributed by atoms with Crippen molar-refractivity contribution in [1.29, 1.82) is 0 Å². The molecule has 4 N–H and O–H groups in total. The van der Waals surface area contributed by atoms with E-state index in [4.69, 9.17) is 5.73 Å². The minimum atomic E-state index is -0.400. The molecule has 0 aliphatic heterocycles. The van der Waals surface area contributed by atoms with E-state index in [9.17, 15) is 9.90 Å². The molecule has 1 aromatic carbocycles. The van der Waals surface area contributed by atoms with Gasteiger partial charge in [0.1, 0.15) is 0 Å². The Labute approximate surface area is 127 Å². The number of aliphatic hydroxyl groups is 1. The van der Waals surface area contributed by atoms with Gasteiger partial charge in [-0.3, -0.25) is 4.79 Å². The van der Waals surface area contributed by atoms with E-state index < -0.39 is 6.10 Å². The molecule has 0 fully saturated rings. The lowest BCUT2D eigenvalue weighted by molar-refractivity contribution is 0.0827. The van der Waals surface area contributed by atoms with E-state index in [1.807, 2.05) is 0 Å². The van der Waals surface area contributed by atoms with Crippen LogP contribution in [-0.4, -0.2) is 42.7 Å². The number of hydrogen-bond donors (Lipinski definition) is 3. The number of carbonyl (C=O) groups is 1. The van der Waals surface area contributed by atoms with Crippen LogP contribution in [0.4, 0.5) is 11.4 Å². The van der Waals surface area contributed by atoms with Crippen LogP contribution in [-0.2, 0) is 0 Å². The van der Waals surface area contributed by atoms with Crippen molar-refractivity contribution in [2.75, 3.05) is 31.7 Å². The Morgan fingerprint density at radius 2 is 1.95 bits per heavy atom. The van der Waals surface area contributed by atoms with Gasteiger partial charge in [0.2, 0.25) is 0 Å². The van der Waals surface area contributed by atoms with Gasteiger partial charge in [-0.1, -0.05) is 26.7 Å². The number of amides is 1. The molecule has 5 nitrogen and oxygen atoms in total. The van der Waals surface area contributed by atoms with Crippen LogP contribution in [0.15, 0.2) is 18.2 Å². The normalized spacial score (nSPS) is 12.3. The van der Waals surface area contributed by atoms with Crippen LogP contribution in [0.25, 0.3) is 0 Å². The van der Waals surface area contributed by atoms with Gasteiger partial charge in [-0.25, -0.2) is 0 Å². The fraction of sp³-hybridized carbons (Fsp3) is 0.562. The molecule has 0 radical (unpaired) electrons. The Balaban J connectivity index is 2.71. The predicted molar refractivity (Wildman–Crippen MR) is 87.4 cm³/mol. The van der Waals surface area contributed by atoms with Crippen LogP contribution in [0.1, 0.15) is 37.0 Å². The highest BCUT2D eigenvalue weighted by Crippen LogP contribution is 2.21. The van der Waals surface area contributed by atoms with Gasteiger partial charge in [0.15, 0.2) is 0 Å². The van der Waals surface area contributed by atoms with Crippen molar-refractivity contribution in [3.8, 4) is 0 Å². The van der Waals surface area contributed by atoms with Gasteiger partial charge in [0, 0.05) is 26.2 Å². The van der Waals surface area contributed by atoms with Gasteiger partial charge >= 0.3 is 0 Å². The quantitative estimate of drug-likeness (QED) is 0.673. The van der Waals surface area contributed by atoms with Crippen molar-refractivity contribution in [3.05, 3.63) is 23.8 Å². The third-order valence-corrected chi connectivity index (χ3v) is 3.80. The third-order valence-electron chi connectivity index (χ3n) is 3.80. The monoisotopic (exact) mass is 293 g/mol. The van der Waals surface area contributed by atoms with Crippen LogP contribution in [0.2, 0.25) is 0 Å². The number of nitrogens with one attached hydrogen (secondary N) is 1. The fourth-order valence-corrected chi connectivity index (χ4v) is 2.33. The molecule has 0 aromatic heterocycles. The van der Waals surface area contributed by atoms with E-state index in [0.717, 1.165) is 18.5 Å². The molecule has 5 heteroatoms. The van der Waals surface area contributed by atoms with Gasteiger partial charge in [-0.05, 0) is 24.1 Å². The molecule has 0 aliphatic carbocycles. The fourth-order valence-electron chi connectivity index (χ4n) is 2.33. The van der Waals surface area contributed by atoms with Crippen LogP contribution < -0.4 is 11.1 Å². The number of nitrogen functional groups attached to an aromatic ring is 1. The summed E-state index contributed by atoms with van der Waals surface area (Å²) in [5.74, 6) is 0.207. The standard InChI is InChI=1S/C16H27N3O2/c1-5-11(6-2)15(20)10-18-14-8-7-12(9-13(14)17)16(21)19(3)4/h7-9,11,15,18,20H,5-6,10,17H2,1-4H3. The molecule has 0 saturated carbocycles. The summed E-state index contributed by atoms with van der Waals surface area (Å²) >= 11 is 0. The van der Waals surface area contributed by atoms with Crippen molar-refractivity contribution in [3.63, 3.8) is 0 Å². The first kappa shape index (κ1) is 17.3. The molecule has 0 heterocycles. The number of carbonyl (C=O) groups excluding carboxylic acids is 1. The molecule has 0 aliphatic rings. The van der Waals surface area contributed by atoms with Gasteiger partial charge in [0.05, 0.1) is 17.5 Å². The highest BCUT2D eigenvalue weighted by Gasteiger charge is 2.16. The lowest BCUT2D eigenvalue weighted by Gasteiger charge is -2.21. The number of anilines is 2. The van der Waals surface area contributed by atoms with Crippen molar-refractivity contribution in [2.45, 2.75) is 32.8 Å². The Kier molecular flexibility index (Phi) is 6.49. The molecule has 1 amide bonds. The highest BCUT2D eigenvalue weighted by molar-refractivity contribution is 5.95. The molecule has 1 aromatic rings. The average Bonchev–Trinajstić information content (AvgIpc) is 2.46. The van der Waals surface area contributed by atoms with Crippen molar-refractivity contribution >= 4 is 17.3 Å². The number of nitrogens with two attached hydrogens (primary N) is 1. The topological polar surface area (TPSA) is 78.6 Å². The molecule has 1 rings (SSSR count). The molecule has 1 atom stereocenters. The van der Waals surface area contributed by atoms with Crippen LogP contribution in [0.3, 0.4) is 0 Å². The summed E-state index contributed by atoms with van der Waals surface area (Å²) in [6.45, 7) is 4.61. The Morgan fingerprint density at radius 3 is 2.43 bits per heavy atom. The Hall–Kier alpha value is -1.75. The summed E-state index contributed by atoms with van der Waals surface area (Å²) in [7, 11) is 3.41. The van der Waals surface area contributed by atoms with Crippen LogP contribution in [0.5, 0.6) is 0 Å². The second-order valence-corrected chi connectivity index (χ2v) is 5.53. The minimum Gasteiger partial charge on any atom is -0.397 e. The molecule has 118 valence electrons. The number of benzene rings is 1. The number of rotatable bonds is 7. The number of aliphatic hydroxyl groups excluding tert-OH is 1. The van der Waals surface area contributed by atoms with Crippen molar-refractivity contribution in [2.24, 2.45) is 5.92 Å². The SMILES string of the molecule is CCC(CC)C(O)CNc1ccc(C(=O)N(C)C)cc1N. The van der Waals surface area contributed by atoms with Gasteiger partial charge in [0.25, 0.3) is 5.91 Å². The Bertz CT molecular complexity index is 471. The van der Waals surface area contributed by atoms with Crippen molar-refractivity contribution in [1.82, 2.24) is 4.90 Å². The summed E-state index contributed by atoms with van der Waals surface area (Å²) in [6.07, 6.45) is 1.50. The number of hydrogen-bond acceptors (Lipinski definition) is 4. The van der Waals surface area contributed by atoms with Gasteiger partial charge in [-0.2, -0.15) is 0 Å². The molecule has 1 unspecified atom stereocenters.